The molecule has 2 amide bonds. The van der Waals surface area contributed by atoms with Gasteiger partial charge in [-0.05, 0) is 49.6 Å². The van der Waals surface area contributed by atoms with Crippen LogP contribution in [-0.2, 0) is 11.3 Å². The minimum absolute atomic E-state index is 0.0172. The first-order chi connectivity index (χ1) is 12.8. The molecule has 0 saturated carbocycles. The number of amides is 2. The van der Waals surface area contributed by atoms with Crippen LogP contribution in [0.2, 0.25) is 0 Å². The summed E-state index contributed by atoms with van der Waals surface area (Å²) in [7, 11) is 3.61. The zero-order valence-electron chi connectivity index (χ0n) is 16.8. The molecule has 0 fully saturated rings. The molecule has 0 spiro atoms. The summed E-state index contributed by atoms with van der Waals surface area (Å²) in [5, 5.41) is 5.69. The lowest BCUT2D eigenvalue weighted by Crippen LogP contribution is -3.08. The molecule has 2 aromatic carbocycles. The number of quaternary nitrogens is 1. The summed E-state index contributed by atoms with van der Waals surface area (Å²) < 4.78 is 0. The Hall–Kier alpha value is -2.66. The number of aryl methyl sites for hydroxylation is 2. The van der Waals surface area contributed by atoms with E-state index in [2.05, 4.69) is 42.7 Å². The van der Waals surface area contributed by atoms with E-state index in [-0.39, 0.29) is 17.9 Å². The summed E-state index contributed by atoms with van der Waals surface area (Å²) in [6.07, 6.45) is 0. The molecule has 2 rings (SSSR count). The standard InChI is InChI=1S/C22H29N3O2/c1-15-6-9-20(12-16(15)2)17(3)24-21(26)14-25(5)13-18-7-10-19(11-8-18)22(27)23-4/h6-12,17H,13-14H2,1-5H3,(H,23,27)(H,24,26)/p+1/t17-/m0/s1. The van der Waals surface area contributed by atoms with Gasteiger partial charge in [-0.25, -0.2) is 0 Å². The van der Waals surface area contributed by atoms with Crippen molar-refractivity contribution in [3.8, 4) is 0 Å². The average molecular weight is 369 g/mol. The maximum Gasteiger partial charge on any atom is 0.275 e. The van der Waals surface area contributed by atoms with Gasteiger partial charge in [-0.15, -0.1) is 0 Å². The summed E-state index contributed by atoms with van der Waals surface area (Å²) in [6.45, 7) is 7.29. The molecule has 0 radical (unpaired) electrons. The van der Waals surface area contributed by atoms with E-state index in [0.717, 1.165) is 22.6 Å². The van der Waals surface area contributed by atoms with Crippen LogP contribution in [0, 0.1) is 13.8 Å². The van der Waals surface area contributed by atoms with Gasteiger partial charge in [0.15, 0.2) is 6.54 Å². The fraction of sp³-hybridized carbons (Fsp3) is 0.364. The van der Waals surface area contributed by atoms with E-state index in [1.54, 1.807) is 7.05 Å². The lowest BCUT2D eigenvalue weighted by Gasteiger charge is -2.18. The molecule has 0 aliphatic rings. The Morgan fingerprint density at radius 2 is 1.70 bits per heavy atom. The zero-order chi connectivity index (χ0) is 20.0. The zero-order valence-corrected chi connectivity index (χ0v) is 16.8. The molecule has 2 atom stereocenters. The van der Waals surface area contributed by atoms with Gasteiger partial charge < -0.3 is 15.5 Å². The average Bonchev–Trinajstić information content (AvgIpc) is 2.63. The number of nitrogens with one attached hydrogen (secondary N) is 3. The van der Waals surface area contributed by atoms with Crippen molar-refractivity contribution in [3.63, 3.8) is 0 Å². The minimum atomic E-state index is -0.0954. The molecule has 2 aromatic rings. The van der Waals surface area contributed by atoms with Crippen molar-refractivity contribution in [2.45, 2.75) is 33.4 Å². The van der Waals surface area contributed by atoms with Crippen molar-refractivity contribution in [1.82, 2.24) is 10.6 Å². The summed E-state index contributed by atoms with van der Waals surface area (Å²) in [4.78, 5) is 25.0. The third-order valence-corrected chi connectivity index (χ3v) is 4.82. The van der Waals surface area contributed by atoms with Crippen LogP contribution < -0.4 is 15.5 Å². The van der Waals surface area contributed by atoms with E-state index in [1.165, 1.54) is 11.1 Å². The highest BCUT2D eigenvalue weighted by Crippen LogP contribution is 2.16. The van der Waals surface area contributed by atoms with Crippen LogP contribution in [0.4, 0.5) is 0 Å². The van der Waals surface area contributed by atoms with Gasteiger partial charge in [0, 0.05) is 18.2 Å². The van der Waals surface area contributed by atoms with Crippen molar-refractivity contribution in [2.75, 3.05) is 20.6 Å². The molecule has 5 heteroatoms. The van der Waals surface area contributed by atoms with E-state index in [4.69, 9.17) is 0 Å². The van der Waals surface area contributed by atoms with E-state index in [1.807, 2.05) is 38.2 Å². The number of hydrogen-bond acceptors (Lipinski definition) is 2. The Labute approximate surface area is 161 Å². The second-order valence-electron chi connectivity index (χ2n) is 7.22. The van der Waals surface area contributed by atoms with Gasteiger partial charge in [-0.1, -0.05) is 30.3 Å². The number of carbonyl (C=O) groups excluding carboxylic acids is 2. The molecule has 0 aliphatic carbocycles. The molecule has 0 aromatic heterocycles. The first-order valence-corrected chi connectivity index (χ1v) is 9.29. The maximum absolute atomic E-state index is 12.4. The molecule has 0 saturated heterocycles. The SMILES string of the molecule is CNC(=O)c1ccc(C[NH+](C)CC(=O)N[C@@H](C)c2ccc(C)c(C)c2)cc1. The lowest BCUT2D eigenvalue weighted by atomic mass is 10.0. The molecule has 0 heterocycles. The second kappa shape index (κ2) is 9.33. The second-order valence-corrected chi connectivity index (χ2v) is 7.22. The molecular formula is C22H30N3O2+. The number of hydrogen-bond donors (Lipinski definition) is 3. The van der Waals surface area contributed by atoms with Crippen molar-refractivity contribution < 1.29 is 14.5 Å². The van der Waals surface area contributed by atoms with Gasteiger partial charge in [0.05, 0.1) is 13.1 Å². The molecule has 144 valence electrons. The predicted octanol–water partition coefficient (Wildman–Crippen LogP) is 1.56. The molecule has 0 aliphatic heterocycles. The molecule has 3 N–H and O–H groups in total. The van der Waals surface area contributed by atoms with E-state index >= 15 is 0 Å². The van der Waals surface area contributed by atoms with Crippen molar-refractivity contribution in [2.24, 2.45) is 0 Å². The highest BCUT2D eigenvalue weighted by Gasteiger charge is 2.15. The Morgan fingerprint density at radius 3 is 2.30 bits per heavy atom. The molecule has 27 heavy (non-hydrogen) atoms. The van der Waals surface area contributed by atoms with Crippen LogP contribution in [0.25, 0.3) is 0 Å². The smallest absolute Gasteiger partial charge is 0.275 e. The van der Waals surface area contributed by atoms with Gasteiger partial charge in [0.25, 0.3) is 11.8 Å². The van der Waals surface area contributed by atoms with Crippen LogP contribution in [-0.4, -0.2) is 32.5 Å². The van der Waals surface area contributed by atoms with E-state index in [9.17, 15) is 9.59 Å². The van der Waals surface area contributed by atoms with Crippen molar-refractivity contribution in [1.29, 1.82) is 0 Å². The summed E-state index contributed by atoms with van der Waals surface area (Å²) >= 11 is 0. The quantitative estimate of drug-likeness (QED) is 0.694. The Bertz CT molecular complexity index is 800. The molecule has 5 nitrogen and oxygen atoms in total. The highest BCUT2D eigenvalue weighted by molar-refractivity contribution is 5.93. The Morgan fingerprint density at radius 1 is 1.04 bits per heavy atom. The lowest BCUT2D eigenvalue weighted by molar-refractivity contribution is -0.885. The summed E-state index contributed by atoms with van der Waals surface area (Å²) in [5.41, 5.74) is 5.34. The fourth-order valence-corrected chi connectivity index (χ4v) is 3.01. The van der Waals surface area contributed by atoms with Crippen LogP contribution in [0.5, 0.6) is 0 Å². The minimum Gasteiger partial charge on any atom is -0.355 e. The van der Waals surface area contributed by atoms with Crippen LogP contribution >= 0.6 is 0 Å². The third-order valence-electron chi connectivity index (χ3n) is 4.82. The van der Waals surface area contributed by atoms with Crippen molar-refractivity contribution >= 4 is 11.8 Å². The third kappa shape index (κ3) is 5.93. The van der Waals surface area contributed by atoms with Crippen LogP contribution in [0.1, 0.15) is 45.6 Å². The normalized spacial score (nSPS) is 12.9. The largest absolute Gasteiger partial charge is 0.355 e. The Kier molecular flexibility index (Phi) is 7.13. The molecular weight excluding hydrogens is 338 g/mol. The molecule has 0 bridgehead atoms. The van der Waals surface area contributed by atoms with Gasteiger partial charge in [-0.3, -0.25) is 9.59 Å². The Balaban J connectivity index is 1.87. The number of likely N-dealkylation sites (N-methyl/N-ethyl adjacent to an activating group) is 1. The number of benzene rings is 2. The van der Waals surface area contributed by atoms with E-state index in [0.29, 0.717) is 12.1 Å². The van der Waals surface area contributed by atoms with Gasteiger partial charge in [-0.2, -0.15) is 0 Å². The van der Waals surface area contributed by atoms with Crippen molar-refractivity contribution in [3.05, 3.63) is 70.3 Å². The van der Waals surface area contributed by atoms with Gasteiger partial charge in [0.2, 0.25) is 0 Å². The fourth-order valence-electron chi connectivity index (χ4n) is 3.01. The van der Waals surface area contributed by atoms with Gasteiger partial charge in [0.1, 0.15) is 6.54 Å². The first kappa shape index (κ1) is 20.6. The van der Waals surface area contributed by atoms with Crippen LogP contribution in [0.15, 0.2) is 42.5 Å². The van der Waals surface area contributed by atoms with E-state index < -0.39 is 0 Å². The molecule has 1 unspecified atom stereocenters. The highest BCUT2D eigenvalue weighted by atomic mass is 16.2. The topological polar surface area (TPSA) is 62.6 Å². The summed E-state index contributed by atoms with van der Waals surface area (Å²) in [5.74, 6) is -0.0674. The van der Waals surface area contributed by atoms with Gasteiger partial charge >= 0.3 is 0 Å². The number of carbonyl (C=O) groups is 2. The first-order valence-electron chi connectivity index (χ1n) is 9.29. The number of rotatable bonds is 7. The maximum atomic E-state index is 12.4. The summed E-state index contributed by atoms with van der Waals surface area (Å²) in [6, 6.07) is 13.8. The monoisotopic (exact) mass is 368 g/mol. The van der Waals surface area contributed by atoms with Crippen LogP contribution in [0.3, 0.4) is 0 Å². The predicted molar refractivity (Wildman–Crippen MR) is 108 cm³/mol.